The zero-order valence-corrected chi connectivity index (χ0v) is 12.4. The van der Waals surface area contributed by atoms with E-state index in [9.17, 15) is 4.79 Å². The van der Waals surface area contributed by atoms with Gasteiger partial charge in [-0.15, -0.1) is 0 Å². The molecule has 0 bridgehead atoms. The molecule has 1 heterocycles. The lowest BCUT2D eigenvalue weighted by atomic mass is 10.1. The van der Waals surface area contributed by atoms with Gasteiger partial charge < -0.3 is 16.0 Å². The molecule has 2 rings (SSSR count). The molecule has 1 aromatic carbocycles. The number of anilines is 2. The Labute approximate surface area is 124 Å². The van der Waals surface area contributed by atoms with Gasteiger partial charge in [0.05, 0.1) is 11.4 Å². The average Bonchev–Trinajstić information content (AvgIpc) is 2.97. The van der Waals surface area contributed by atoms with E-state index in [1.54, 1.807) is 43.4 Å². The summed E-state index contributed by atoms with van der Waals surface area (Å²) in [7, 11) is 3.46. The van der Waals surface area contributed by atoms with Crippen LogP contribution in [0.4, 0.5) is 11.4 Å². The number of rotatable bonds is 6. The highest BCUT2D eigenvalue weighted by atomic mass is 16.2. The molecule has 0 atom stereocenters. The second kappa shape index (κ2) is 6.78. The summed E-state index contributed by atoms with van der Waals surface area (Å²) in [5.41, 5.74) is 8.00. The quantitative estimate of drug-likeness (QED) is 0.626. The third-order valence-corrected chi connectivity index (χ3v) is 3.15. The van der Waals surface area contributed by atoms with E-state index in [0.29, 0.717) is 11.3 Å². The van der Waals surface area contributed by atoms with Gasteiger partial charge in [0.1, 0.15) is 0 Å². The molecule has 1 amide bonds. The maximum absolute atomic E-state index is 11.9. The molecule has 6 nitrogen and oxygen atoms in total. The molecule has 6 heteroatoms. The minimum atomic E-state index is -0.0328. The van der Waals surface area contributed by atoms with E-state index in [-0.39, 0.29) is 5.91 Å². The molecule has 0 aliphatic carbocycles. The molecular weight excluding hydrogens is 266 g/mol. The van der Waals surface area contributed by atoms with Crippen molar-refractivity contribution in [1.82, 2.24) is 14.7 Å². The van der Waals surface area contributed by atoms with Gasteiger partial charge in [-0.05, 0) is 30.7 Å². The number of hydrogen-bond donors (Lipinski definition) is 2. The molecule has 0 spiro atoms. The van der Waals surface area contributed by atoms with Crippen LogP contribution in [0.25, 0.3) is 0 Å². The Morgan fingerprint density at radius 3 is 2.90 bits per heavy atom. The number of benzene rings is 1. The summed E-state index contributed by atoms with van der Waals surface area (Å²) in [4.78, 5) is 13.5. The Balaban J connectivity index is 1.92. The first kappa shape index (κ1) is 14.9. The monoisotopic (exact) mass is 287 g/mol. The van der Waals surface area contributed by atoms with Crippen LogP contribution in [0, 0.1) is 0 Å². The lowest BCUT2D eigenvalue weighted by Gasteiger charge is -2.14. The second-order valence-corrected chi connectivity index (χ2v) is 5.05. The minimum Gasteiger partial charge on any atom is -0.397 e. The molecule has 0 aliphatic rings. The first-order valence-electron chi connectivity index (χ1n) is 6.90. The van der Waals surface area contributed by atoms with Crippen LogP contribution in [0.15, 0.2) is 36.7 Å². The third-order valence-electron chi connectivity index (χ3n) is 3.15. The SMILES string of the molecule is CN(C)C(=O)c1ccc(N)c(NCCCn2cccn2)c1. The smallest absolute Gasteiger partial charge is 0.253 e. The second-order valence-electron chi connectivity index (χ2n) is 5.05. The van der Waals surface area contributed by atoms with Crippen molar-refractivity contribution in [3.63, 3.8) is 0 Å². The van der Waals surface area contributed by atoms with Crippen molar-refractivity contribution in [2.24, 2.45) is 0 Å². The Hall–Kier alpha value is -2.50. The first-order valence-corrected chi connectivity index (χ1v) is 6.90. The zero-order chi connectivity index (χ0) is 15.2. The van der Waals surface area contributed by atoms with Crippen molar-refractivity contribution in [2.45, 2.75) is 13.0 Å². The summed E-state index contributed by atoms with van der Waals surface area (Å²) >= 11 is 0. The van der Waals surface area contributed by atoms with Crippen molar-refractivity contribution in [3.05, 3.63) is 42.2 Å². The van der Waals surface area contributed by atoms with Crippen LogP contribution in [0.5, 0.6) is 0 Å². The molecule has 0 fully saturated rings. The number of carbonyl (C=O) groups excluding carboxylic acids is 1. The first-order chi connectivity index (χ1) is 10.1. The van der Waals surface area contributed by atoms with Crippen LogP contribution < -0.4 is 11.1 Å². The van der Waals surface area contributed by atoms with Crippen molar-refractivity contribution in [3.8, 4) is 0 Å². The predicted octanol–water partition coefficient (Wildman–Crippen LogP) is 1.67. The molecule has 0 saturated heterocycles. The fourth-order valence-corrected chi connectivity index (χ4v) is 2.00. The normalized spacial score (nSPS) is 10.4. The molecule has 21 heavy (non-hydrogen) atoms. The maximum atomic E-state index is 11.9. The fourth-order valence-electron chi connectivity index (χ4n) is 2.00. The Morgan fingerprint density at radius 2 is 2.24 bits per heavy atom. The predicted molar refractivity (Wildman–Crippen MR) is 84.2 cm³/mol. The summed E-state index contributed by atoms with van der Waals surface area (Å²) in [5, 5.41) is 7.42. The van der Waals surface area contributed by atoms with Crippen LogP contribution >= 0.6 is 0 Å². The highest BCUT2D eigenvalue weighted by molar-refractivity contribution is 5.95. The number of nitrogen functional groups attached to an aromatic ring is 1. The van der Waals surface area contributed by atoms with Gasteiger partial charge >= 0.3 is 0 Å². The van der Waals surface area contributed by atoms with Crippen molar-refractivity contribution in [1.29, 1.82) is 0 Å². The van der Waals surface area contributed by atoms with Gasteiger partial charge in [-0.25, -0.2) is 0 Å². The minimum absolute atomic E-state index is 0.0328. The summed E-state index contributed by atoms with van der Waals surface area (Å²) in [5.74, 6) is -0.0328. The zero-order valence-electron chi connectivity index (χ0n) is 12.4. The number of nitrogens with one attached hydrogen (secondary N) is 1. The maximum Gasteiger partial charge on any atom is 0.253 e. The molecule has 2 aromatic rings. The largest absolute Gasteiger partial charge is 0.397 e. The molecule has 0 aliphatic heterocycles. The Morgan fingerprint density at radius 1 is 1.43 bits per heavy atom. The van der Waals surface area contributed by atoms with E-state index in [4.69, 9.17) is 5.73 Å². The number of aryl methyl sites for hydroxylation is 1. The van der Waals surface area contributed by atoms with Gasteiger partial charge in [-0.2, -0.15) is 5.10 Å². The van der Waals surface area contributed by atoms with Crippen LogP contribution in [-0.4, -0.2) is 41.2 Å². The molecule has 0 saturated carbocycles. The summed E-state index contributed by atoms with van der Waals surface area (Å²) in [6.45, 7) is 1.61. The number of hydrogen-bond acceptors (Lipinski definition) is 4. The molecule has 3 N–H and O–H groups in total. The van der Waals surface area contributed by atoms with Crippen molar-refractivity contribution >= 4 is 17.3 Å². The van der Waals surface area contributed by atoms with Crippen LogP contribution in [0.2, 0.25) is 0 Å². The van der Waals surface area contributed by atoms with Gasteiger partial charge in [0.25, 0.3) is 5.91 Å². The van der Waals surface area contributed by atoms with Crippen LogP contribution in [0.1, 0.15) is 16.8 Å². The van der Waals surface area contributed by atoms with E-state index in [0.717, 1.165) is 25.2 Å². The molecule has 0 unspecified atom stereocenters. The summed E-state index contributed by atoms with van der Waals surface area (Å²) in [6, 6.07) is 7.20. The van der Waals surface area contributed by atoms with Crippen molar-refractivity contribution in [2.75, 3.05) is 31.7 Å². The fraction of sp³-hybridized carbons (Fsp3) is 0.333. The lowest BCUT2D eigenvalue weighted by molar-refractivity contribution is 0.0827. The number of nitrogens with zero attached hydrogens (tertiary/aromatic N) is 3. The molecule has 112 valence electrons. The van der Waals surface area contributed by atoms with Crippen molar-refractivity contribution < 1.29 is 4.79 Å². The van der Waals surface area contributed by atoms with Gasteiger partial charge in [0.2, 0.25) is 0 Å². The van der Waals surface area contributed by atoms with E-state index < -0.39 is 0 Å². The lowest BCUT2D eigenvalue weighted by Crippen LogP contribution is -2.21. The summed E-state index contributed by atoms with van der Waals surface area (Å²) < 4.78 is 1.89. The number of nitrogens with two attached hydrogens (primary N) is 1. The molecule has 1 aromatic heterocycles. The third kappa shape index (κ3) is 3.98. The van der Waals surface area contributed by atoms with E-state index in [2.05, 4.69) is 10.4 Å². The van der Waals surface area contributed by atoms with Gasteiger partial charge in [0.15, 0.2) is 0 Å². The standard InChI is InChI=1S/C15H21N5O/c1-19(2)15(21)12-5-6-13(16)14(11-12)17-7-3-9-20-10-4-8-18-20/h4-6,8,10-11,17H,3,7,9,16H2,1-2H3. The van der Waals surface area contributed by atoms with E-state index in [1.165, 1.54) is 0 Å². The van der Waals surface area contributed by atoms with E-state index >= 15 is 0 Å². The topological polar surface area (TPSA) is 76.2 Å². The average molecular weight is 287 g/mol. The van der Waals surface area contributed by atoms with Gasteiger partial charge in [-0.3, -0.25) is 9.48 Å². The highest BCUT2D eigenvalue weighted by Gasteiger charge is 2.09. The molecule has 0 radical (unpaired) electrons. The highest BCUT2D eigenvalue weighted by Crippen LogP contribution is 2.20. The molecular formula is C15H21N5O. The number of amides is 1. The summed E-state index contributed by atoms with van der Waals surface area (Å²) in [6.07, 6.45) is 4.62. The number of aromatic nitrogens is 2. The van der Waals surface area contributed by atoms with Crippen LogP contribution in [0.3, 0.4) is 0 Å². The van der Waals surface area contributed by atoms with Gasteiger partial charge in [-0.1, -0.05) is 0 Å². The van der Waals surface area contributed by atoms with E-state index in [1.807, 2.05) is 16.9 Å². The number of carbonyl (C=O) groups is 1. The Kier molecular flexibility index (Phi) is 4.81. The Bertz CT molecular complexity index is 592. The van der Waals surface area contributed by atoms with Gasteiger partial charge in [0, 0.05) is 45.1 Å². The van der Waals surface area contributed by atoms with Crippen LogP contribution in [-0.2, 0) is 6.54 Å².